The van der Waals surface area contributed by atoms with Gasteiger partial charge in [-0.1, -0.05) is 47.1 Å². The van der Waals surface area contributed by atoms with E-state index < -0.39 is 0 Å². The average molecular weight is 327 g/mol. The molecule has 4 nitrogen and oxygen atoms in total. The van der Waals surface area contributed by atoms with Crippen LogP contribution >= 0.6 is 11.6 Å². The van der Waals surface area contributed by atoms with Gasteiger partial charge in [0.05, 0.1) is 6.21 Å². The molecule has 0 aliphatic rings. The third-order valence-corrected chi connectivity index (χ3v) is 3.51. The van der Waals surface area contributed by atoms with Crippen molar-refractivity contribution in [1.82, 2.24) is 4.98 Å². The van der Waals surface area contributed by atoms with Gasteiger partial charge in [0, 0.05) is 10.6 Å². The number of rotatable bonds is 5. The summed E-state index contributed by atoms with van der Waals surface area (Å²) in [5.74, 6) is 1.31. The molecule has 5 heteroatoms. The highest BCUT2D eigenvalue weighted by Gasteiger charge is 2.11. The molecule has 0 radical (unpaired) electrons. The molecule has 0 aliphatic carbocycles. The molecule has 3 aromatic rings. The van der Waals surface area contributed by atoms with Crippen LogP contribution in [0.4, 0.5) is 0 Å². The van der Waals surface area contributed by atoms with Gasteiger partial charge in [0.25, 0.3) is 0 Å². The van der Waals surface area contributed by atoms with Crippen LogP contribution in [0, 0.1) is 6.92 Å². The van der Waals surface area contributed by atoms with Gasteiger partial charge in [-0.2, -0.15) is 0 Å². The number of hydrogen-bond acceptors (Lipinski definition) is 4. The summed E-state index contributed by atoms with van der Waals surface area (Å²) >= 11 is 5.83. The zero-order valence-corrected chi connectivity index (χ0v) is 13.3. The zero-order chi connectivity index (χ0) is 16.1. The number of oxime groups is 1. The van der Waals surface area contributed by atoms with Crippen LogP contribution in [0.2, 0.25) is 5.02 Å². The fraction of sp³-hybridized carbons (Fsp3) is 0.111. The highest BCUT2D eigenvalue weighted by atomic mass is 35.5. The Morgan fingerprint density at radius 3 is 2.61 bits per heavy atom. The van der Waals surface area contributed by atoms with Crippen molar-refractivity contribution in [2.75, 3.05) is 0 Å². The minimum absolute atomic E-state index is 0.256. The van der Waals surface area contributed by atoms with Crippen molar-refractivity contribution in [2.45, 2.75) is 13.5 Å². The van der Waals surface area contributed by atoms with Crippen molar-refractivity contribution < 1.29 is 9.25 Å². The largest absolute Gasteiger partial charge is 0.441 e. The summed E-state index contributed by atoms with van der Waals surface area (Å²) in [5, 5.41) is 4.63. The molecule has 0 bridgehead atoms. The Hall–Kier alpha value is -2.59. The van der Waals surface area contributed by atoms with Gasteiger partial charge in [0.15, 0.2) is 6.61 Å². The molecule has 1 heterocycles. The van der Waals surface area contributed by atoms with Crippen molar-refractivity contribution in [1.29, 1.82) is 0 Å². The maximum absolute atomic E-state index is 5.83. The highest BCUT2D eigenvalue weighted by Crippen LogP contribution is 2.21. The molecule has 1 aromatic heterocycles. The molecule has 0 spiro atoms. The van der Waals surface area contributed by atoms with Crippen LogP contribution in [0.25, 0.3) is 11.5 Å². The van der Waals surface area contributed by atoms with Gasteiger partial charge in [0.1, 0.15) is 11.5 Å². The number of oxazole rings is 1. The SMILES string of the molecule is Cc1oc(-c2ccccc2)nc1CO/N=C/c1ccc(Cl)cc1. The topological polar surface area (TPSA) is 47.6 Å². The minimum Gasteiger partial charge on any atom is -0.441 e. The molecular weight excluding hydrogens is 312 g/mol. The standard InChI is InChI=1S/C18H15ClN2O2/c1-13-17(21-18(23-13)15-5-3-2-4-6-15)12-22-20-11-14-7-9-16(19)10-8-14/h2-11H,12H2,1H3/b20-11+. The van der Waals surface area contributed by atoms with Crippen LogP contribution in [-0.4, -0.2) is 11.2 Å². The van der Waals surface area contributed by atoms with E-state index in [2.05, 4.69) is 10.1 Å². The molecule has 0 amide bonds. The first-order chi connectivity index (χ1) is 11.2. The molecule has 0 saturated carbocycles. The molecule has 0 saturated heterocycles. The summed E-state index contributed by atoms with van der Waals surface area (Å²) in [5.41, 5.74) is 2.58. The predicted molar refractivity (Wildman–Crippen MR) is 90.5 cm³/mol. The molecule has 0 atom stereocenters. The van der Waals surface area contributed by atoms with Gasteiger partial charge < -0.3 is 9.25 Å². The van der Waals surface area contributed by atoms with E-state index in [1.807, 2.05) is 49.4 Å². The Morgan fingerprint density at radius 2 is 1.87 bits per heavy atom. The van der Waals surface area contributed by atoms with E-state index in [-0.39, 0.29) is 6.61 Å². The number of benzene rings is 2. The number of hydrogen-bond donors (Lipinski definition) is 0. The summed E-state index contributed by atoms with van der Waals surface area (Å²) < 4.78 is 5.67. The lowest BCUT2D eigenvalue weighted by Gasteiger charge is -1.96. The molecule has 0 N–H and O–H groups in total. The van der Waals surface area contributed by atoms with Gasteiger partial charge in [-0.05, 0) is 36.8 Å². The van der Waals surface area contributed by atoms with E-state index in [4.69, 9.17) is 20.9 Å². The first-order valence-corrected chi connectivity index (χ1v) is 7.53. The molecule has 0 aliphatic heterocycles. The van der Waals surface area contributed by atoms with Crippen molar-refractivity contribution >= 4 is 17.8 Å². The number of halogens is 1. The van der Waals surface area contributed by atoms with Crippen molar-refractivity contribution in [3.63, 3.8) is 0 Å². The summed E-state index contributed by atoms with van der Waals surface area (Å²) in [6.45, 7) is 2.12. The normalized spacial score (nSPS) is 11.0. The second kappa shape index (κ2) is 7.11. The van der Waals surface area contributed by atoms with Gasteiger partial charge in [0.2, 0.25) is 5.89 Å². The summed E-state index contributed by atoms with van der Waals surface area (Å²) in [6, 6.07) is 17.1. The quantitative estimate of drug-likeness (QED) is 0.497. The minimum atomic E-state index is 0.256. The molecular formula is C18H15ClN2O2. The van der Waals surface area contributed by atoms with Crippen LogP contribution < -0.4 is 0 Å². The molecule has 0 unspecified atom stereocenters. The van der Waals surface area contributed by atoms with E-state index in [0.29, 0.717) is 10.9 Å². The number of nitrogens with zero attached hydrogens (tertiary/aromatic N) is 2. The van der Waals surface area contributed by atoms with E-state index >= 15 is 0 Å². The van der Waals surface area contributed by atoms with Crippen LogP contribution in [0.3, 0.4) is 0 Å². The van der Waals surface area contributed by atoms with Crippen LogP contribution in [0.1, 0.15) is 17.0 Å². The Labute approximate surface area is 139 Å². The van der Waals surface area contributed by atoms with E-state index in [1.165, 1.54) is 0 Å². The number of aryl methyl sites for hydroxylation is 1. The first-order valence-electron chi connectivity index (χ1n) is 7.15. The van der Waals surface area contributed by atoms with E-state index in [9.17, 15) is 0 Å². The Balaban J connectivity index is 1.62. The number of aromatic nitrogens is 1. The Morgan fingerprint density at radius 1 is 1.13 bits per heavy atom. The zero-order valence-electron chi connectivity index (χ0n) is 12.6. The smallest absolute Gasteiger partial charge is 0.226 e. The predicted octanol–water partition coefficient (Wildman–Crippen LogP) is 4.85. The Kier molecular flexibility index (Phi) is 4.74. The highest BCUT2D eigenvalue weighted by molar-refractivity contribution is 6.30. The fourth-order valence-electron chi connectivity index (χ4n) is 2.01. The third kappa shape index (κ3) is 3.99. The van der Waals surface area contributed by atoms with Gasteiger partial charge in [-0.25, -0.2) is 4.98 Å². The first kappa shape index (κ1) is 15.3. The molecule has 0 fully saturated rings. The van der Waals surface area contributed by atoms with Gasteiger partial charge >= 0.3 is 0 Å². The van der Waals surface area contributed by atoms with Crippen molar-refractivity contribution in [3.8, 4) is 11.5 Å². The average Bonchev–Trinajstić information content (AvgIpc) is 2.95. The lowest BCUT2D eigenvalue weighted by molar-refractivity contribution is 0.128. The summed E-state index contributed by atoms with van der Waals surface area (Å²) in [6.07, 6.45) is 1.63. The van der Waals surface area contributed by atoms with Gasteiger partial charge in [-0.3, -0.25) is 0 Å². The van der Waals surface area contributed by atoms with Crippen molar-refractivity contribution in [3.05, 3.63) is 76.6 Å². The molecule has 23 heavy (non-hydrogen) atoms. The summed E-state index contributed by atoms with van der Waals surface area (Å²) in [7, 11) is 0. The lowest BCUT2D eigenvalue weighted by atomic mass is 10.2. The third-order valence-electron chi connectivity index (χ3n) is 3.26. The molecule has 116 valence electrons. The van der Waals surface area contributed by atoms with Crippen LogP contribution in [0.5, 0.6) is 0 Å². The second-order valence-corrected chi connectivity index (χ2v) is 5.38. The fourth-order valence-corrected chi connectivity index (χ4v) is 2.14. The second-order valence-electron chi connectivity index (χ2n) is 4.95. The molecule has 3 rings (SSSR count). The van der Waals surface area contributed by atoms with Crippen LogP contribution in [0.15, 0.2) is 64.2 Å². The summed E-state index contributed by atoms with van der Waals surface area (Å²) in [4.78, 5) is 9.75. The Bertz CT molecular complexity index is 796. The maximum atomic E-state index is 5.83. The monoisotopic (exact) mass is 326 g/mol. The van der Waals surface area contributed by atoms with Crippen molar-refractivity contribution in [2.24, 2.45) is 5.16 Å². The van der Waals surface area contributed by atoms with E-state index in [1.54, 1.807) is 18.3 Å². The lowest BCUT2D eigenvalue weighted by Crippen LogP contribution is -1.91. The van der Waals surface area contributed by atoms with Crippen LogP contribution in [-0.2, 0) is 11.4 Å². The van der Waals surface area contributed by atoms with Gasteiger partial charge in [-0.15, -0.1) is 0 Å². The van der Waals surface area contributed by atoms with E-state index in [0.717, 1.165) is 22.6 Å². The maximum Gasteiger partial charge on any atom is 0.226 e. The molecule has 2 aromatic carbocycles.